The third kappa shape index (κ3) is 3.02. The first-order valence-electron chi connectivity index (χ1n) is 8.60. The van der Waals surface area contributed by atoms with Crippen LogP contribution in [0.3, 0.4) is 0 Å². The van der Waals surface area contributed by atoms with Crippen molar-refractivity contribution in [2.75, 3.05) is 4.90 Å². The van der Waals surface area contributed by atoms with Gasteiger partial charge in [0.2, 0.25) is 0 Å². The van der Waals surface area contributed by atoms with Crippen LogP contribution in [0.1, 0.15) is 27.0 Å². The lowest BCUT2D eigenvalue weighted by molar-refractivity contribution is -0.112. The van der Waals surface area contributed by atoms with Crippen molar-refractivity contribution in [1.29, 1.82) is 0 Å². The largest absolute Gasteiger partial charge is 0.508 e. The van der Waals surface area contributed by atoms with Gasteiger partial charge in [0.1, 0.15) is 5.75 Å². The van der Waals surface area contributed by atoms with Crippen LogP contribution in [0.5, 0.6) is 5.75 Å². The Morgan fingerprint density at radius 1 is 0.815 bits per heavy atom. The number of hydrogen-bond donors (Lipinski definition) is 1. The molecule has 2 amide bonds. The third-order valence-electron chi connectivity index (χ3n) is 4.55. The Kier molecular flexibility index (Phi) is 4.09. The van der Waals surface area contributed by atoms with E-state index < -0.39 is 0 Å². The first kappa shape index (κ1) is 16.8. The molecule has 0 fully saturated rings. The molecule has 1 heterocycles. The second-order valence-electron chi connectivity index (χ2n) is 6.48. The van der Waals surface area contributed by atoms with Crippen molar-refractivity contribution < 1.29 is 14.7 Å². The number of benzene rings is 3. The molecule has 0 spiro atoms. The van der Waals surface area contributed by atoms with Gasteiger partial charge in [0, 0.05) is 11.1 Å². The molecular formula is C23H17NO3. The van der Waals surface area contributed by atoms with Crippen LogP contribution in [0.15, 0.2) is 72.8 Å². The summed E-state index contributed by atoms with van der Waals surface area (Å²) in [6, 6.07) is 21.0. The van der Waals surface area contributed by atoms with Crippen molar-refractivity contribution in [2.45, 2.75) is 6.92 Å². The van der Waals surface area contributed by atoms with Crippen LogP contribution in [0.2, 0.25) is 0 Å². The second kappa shape index (κ2) is 6.57. The molecule has 4 nitrogen and oxygen atoms in total. The highest BCUT2D eigenvalue weighted by molar-refractivity contribution is 6.43. The van der Waals surface area contributed by atoms with Crippen LogP contribution in [-0.4, -0.2) is 16.9 Å². The number of carbonyl (C=O) groups is 2. The topological polar surface area (TPSA) is 57.6 Å². The fraction of sp³-hybridized carbons (Fsp3) is 0.0435. The zero-order valence-electron chi connectivity index (χ0n) is 14.7. The number of amides is 2. The number of anilines is 1. The highest BCUT2D eigenvalue weighted by atomic mass is 16.3. The normalized spacial score (nSPS) is 15.1. The summed E-state index contributed by atoms with van der Waals surface area (Å²) in [5.74, 6) is -0.537. The average molecular weight is 355 g/mol. The van der Waals surface area contributed by atoms with E-state index in [2.05, 4.69) is 0 Å². The molecule has 27 heavy (non-hydrogen) atoms. The maximum Gasteiger partial charge on any atom is 0.265 e. The summed E-state index contributed by atoms with van der Waals surface area (Å²) >= 11 is 0. The van der Waals surface area contributed by atoms with Gasteiger partial charge in [-0.05, 0) is 60.0 Å². The SMILES string of the molecule is Cc1cccc(N2C(=O)/C(=C\c3ccc(O)cc3)c3ccccc3C2=O)c1. The molecule has 0 saturated heterocycles. The van der Waals surface area contributed by atoms with Gasteiger partial charge < -0.3 is 5.11 Å². The maximum absolute atomic E-state index is 13.3. The van der Waals surface area contributed by atoms with Gasteiger partial charge in [-0.3, -0.25) is 9.59 Å². The number of imide groups is 1. The van der Waals surface area contributed by atoms with Crippen molar-refractivity contribution in [2.24, 2.45) is 0 Å². The summed E-state index contributed by atoms with van der Waals surface area (Å²) < 4.78 is 0. The summed E-state index contributed by atoms with van der Waals surface area (Å²) in [4.78, 5) is 27.5. The molecule has 4 rings (SSSR count). The van der Waals surface area contributed by atoms with Crippen molar-refractivity contribution in [1.82, 2.24) is 0 Å². The zero-order chi connectivity index (χ0) is 19.0. The molecule has 4 heteroatoms. The van der Waals surface area contributed by atoms with E-state index in [0.29, 0.717) is 22.4 Å². The van der Waals surface area contributed by atoms with Crippen molar-refractivity contribution in [3.8, 4) is 5.75 Å². The minimum Gasteiger partial charge on any atom is -0.508 e. The van der Waals surface area contributed by atoms with Crippen LogP contribution < -0.4 is 4.90 Å². The molecule has 1 aliphatic rings. The van der Waals surface area contributed by atoms with Crippen LogP contribution in [0, 0.1) is 6.92 Å². The van der Waals surface area contributed by atoms with E-state index >= 15 is 0 Å². The number of phenolic OH excluding ortho intramolecular Hbond substituents is 1. The van der Waals surface area contributed by atoms with E-state index in [0.717, 1.165) is 11.1 Å². The molecule has 0 atom stereocenters. The van der Waals surface area contributed by atoms with E-state index in [1.165, 1.54) is 4.90 Å². The van der Waals surface area contributed by atoms with Crippen LogP contribution in [0.4, 0.5) is 5.69 Å². The van der Waals surface area contributed by atoms with Gasteiger partial charge >= 0.3 is 0 Å². The molecule has 0 unspecified atom stereocenters. The fourth-order valence-electron chi connectivity index (χ4n) is 3.23. The van der Waals surface area contributed by atoms with Gasteiger partial charge in [-0.2, -0.15) is 0 Å². The summed E-state index contributed by atoms with van der Waals surface area (Å²) in [5.41, 5.74) is 3.84. The molecular weight excluding hydrogens is 338 g/mol. The number of fused-ring (bicyclic) bond motifs is 1. The number of rotatable bonds is 2. The third-order valence-corrected chi connectivity index (χ3v) is 4.55. The van der Waals surface area contributed by atoms with Gasteiger partial charge in [0.05, 0.1) is 5.69 Å². The van der Waals surface area contributed by atoms with Crippen molar-refractivity contribution in [3.05, 3.63) is 95.1 Å². The number of hydrogen-bond acceptors (Lipinski definition) is 3. The minimum absolute atomic E-state index is 0.157. The average Bonchev–Trinajstić information content (AvgIpc) is 2.67. The highest BCUT2D eigenvalue weighted by Gasteiger charge is 2.35. The molecule has 1 aliphatic heterocycles. The van der Waals surface area contributed by atoms with E-state index in [1.807, 2.05) is 31.2 Å². The number of aryl methyl sites for hydroxylation is 1. The van der Waals surface area contributed by atoms with Gasteiger partial charge in [-0.1, -0.05) is 42.5 Å². The fourth-order valence-corrected chi connectivity index (χ4v) is 3.23. The predicted molar refractivity (Wildman–Crippen MR) is 105 cm³/mol. The molecule has 0 saturated carbocycles. The van der Waals surface area contributed by atoms with Gasteiger partial charge in [-0.25, -0.2) is 4.90 Å². The van der Waals surface area contributed by atoms with Gasteiger partial charge in [0.25, 0.3) is 11.8 Å². The Labute approximate surface area is 157 Å². The molecule has 0 bridgehead atoms. The Morgan fingerprint density at radius 2 is 1.52 bits per heavy atom. The van der Waals surface area contributed by atoms with Crippen LogP contribution in [-0.2, 0) is 4.79 Å². The van der Waals surface area contributed by atoms with Gasteiger partial charge in [0.15, 0.2) is 0 Å². The predicted octanol–water partition coefficient (Wildman–Crippen LogP) is 4.43. The Hall–Kier alpha value is -3.66. The molecule has 0 aromatic heterocycles. The Morgan fingerprint density at radius 3 is 2.22 bits per heavy atom. The van der Waals surface area contributed by atoms with Crippen molar-refractivity contribution >= 4 is 29.2 Å². The molecule has 0 aliphatic carbocycles. The molecule has 1 N–H and O–H groups in total. The number of aromatic hydroxyl groups is 1. The molecule has 3 aromatic carbocycles. The lowest BCUT2D eigenvalue weighted by Crippen LogP contribution is -2.41. The van der Waals surface area contributed by atoms with E-state index in [1.54, 1.807) is 54.6 Å². The standard InChI is InChI=1S/C23H17NO3/c1-15-5-4-6-17(13-15)24-22(26)20-8-3-2-7-19(20)21(23(24)27)14-16-9-11-18(25)12-10-16/h2-14,25H,1H3/b21-14-. The zero-order valence-corrected chi connectivity index (χ0v) is 14.7. The molecule has 3 aromatic rings. The maximum atomic E-state index is 13.3. The van der Waals surface area contributed by atoms with Crippen LogP contribution in [0.25, 0.3) is 11.6 Å². The Balaban J connectivity index is 1.90. The van der Waals surface area contributed by atoms with Gasteiger partial charge in [-0.15, -0.1) is 0 Å². The first-order chi connectivity index (χ1) is 13.0. The summed E-state index contributed by atoms with van der Waals surface area (Å²) in [5, 5.41) is 9.48. The Bertz CT molecular complexity index is 1080. The molecule has 132 valence electrons. The van der Waals surface area contributed by atoms with E-state index in [-0.39, 0.29) is 17.6 Å². The van der Waals surface area contributed by atoms with Crippen LogP contribution >= 0.6 is 0 Å². The summed E-state index contributed by atoms with van der Waals surface area (Å²) in [7, 11) is 0. The van der Waals surface area contributed by atoms with E-state index in [4.69, 9.17) is 0 Å². The second-order valence-corrected chi connectivity index (χ2v) is 6.48. The number of phenols is 1. The van der Waals surface area contributed by atoms with Crippen molar-refractivity contribution in [3.63, 3.8) is 0 Å². The quantitative estimate of drug-likeness (QED) is 0.546. The lowest BCUT2D eigenvalue weighted by atomic mass is 9.91. The summed E-state index contributed by atoms with van der Waals surface area (Å²) in [6.45, 7) is 1.92. The molecule has 0 radical (unpaired) electrons. The number of carbonyl (C=O) groups excluding carboxylic acids is 2. The monoisotopic (exact) mass is 355 g/mol. The highest BCUT2D eigenvalue weighted by Crippen LogP contribution is 2.33. The lowest BCUT2D eigenvalue weighted by Gasteiger charge is -2.29. The summed E-state index contributed by atoms with van der Waals surface area (Å²) in [6.07, 6.45) is 1.75. The minimum atomic E-state index is -0.364. The number of nitrogens with zero attached hydrogens (tertiary/aromatic N) is 1. The smallest absolute Gasteiger partial charge is 0.265 e. The first-order valence-corrected chi connectivity index (χ1v) is 8.60. The van der Waals surface area contributed by atoms with E-state index in [9.17, 15) is 14.7 Å².